The maximum absolute atomic E-state index is 12.2. The second-order valence-electron chi connectivity index (χ2n) is 4.94. The summed E-state index contributed by atoms with van der Waals surface area (Å²) in [6, 6.07) is 18.6. The van der Waals surface area contributed by atoms with E-state index in [1.54, 1.807) is 6.07 Å². The zero-order chi connectivity index (χ0) is 16.1. The Hall–Kier alpha value is -3.08. The Bertz CT molecular complexity index is 780. The third-order valence-electron chi connectivity index (χ3n) is 3.32. The van der Waals surface area contributed by atoms with Crippen molar-refractivity contribution in [2.24, 2.45) is 0 Å². The fourth-order valence-corrected chi connectivity index (χ4v) is 2.19. The lowest BCUT2D eigenvalue weighted by atomic mass is 10.1. The molecule has 1 aromatic heterocycles. The highest BCUT2D eigenvalue weighted by molar-refractivity contribution is 6.03. The van der Waals surface area contributed by atoms with Gasteiger partial charge in [0.1, 0.15) is 11.4 Å². The third kappa shape index (κ3) is 3.58. The van der Waals surface area contributed by atoms with Crippen molar-refractivity contribution in [2.75, 3.05) is 11.9 Å². The van der Waals surface area contributed by atoms with Crippen LogP contribution in [0.2, 0.25) is 0 Å². The van der Waals surface area contributed by atoms with Gasteiger partial charge in [-0.3, -0.25) is 9.89 Å². The number of H-pyrrole nitrogens is 1. The fourth-order valence-electron chi connectivity index (χ4n) is 2.19. The van der Waals surface area contributed by atoms with Crippen LogP contribution in [0.4, 0.5) is 5.69 Å². The molecule has 0 atom stereocenters. The standard InChI is InChI=1S/C18H17N3O2/c1-2-23-15-10-8-13(9-11-15)16-12-17(21-20-16)18(22)19-14-6-4-3-5-7-14/h3-12H,2H2,1H3,(H,19,22)(H,20,21). The number of nitrogens with zero attached hydrogens (tertiary/aromatic N) is 1. The third-order valence-corrected chi connectivity index (χ3v) is 3.32. The zero-order valence-corrected chi connectivity index (χ0v) is 12.7. The Morgan fingerprint density at radius 2 is 1.87 bits per heavy atom. The summed E-state index contributed by atoms with van der Waals surface area (Å²) in [5.74, 6) is 0.592. The number of anilines is 1. The summed E-state index contributed by atoms with van der Waals surface area (Å²) in [6.07, 6.45) is 0. The molecule has 2 aromatic carbocycles. The van der Waals surface area contributed by atoms with Gasteiger partial charge in [0.15, 0.2) is 0 Å². The van der Waals surface area contributed by atoms with Gasteiger partial charge in [-0.25, -0.2) is 0 Å². The topological polar surface area (TPSA) is 67.0 Å². The Kier molecular flexibility index (Phi) is 4.38. The van der Waals surface area contributed by atoms with E-state index in [9.17, 15) is 4.79 Å². The van der Waals surface area contributed by atoms with E-state index in [-0.39, 0.29) is 5.91 Å². The molecule has 3 aromatic rings. The monoisotopic (exact) mass is 307 g/mol. The van der Waals surface area contributed by atoms with Gasteiger partial charge in [0.25, 0.3) is 5.91 Å². The summed E-state index contributed by atoms with van der Waals surface area (Å²) < 4.78 is 5.41. The van der Waals surface area contributed by atoms with Gasteiger partial charge in [0.2, 0.25) is 0 Å². The summed E-state index contributed by atoms with van der Waals surface area (Å²) in [4.78, 5) is 12.2. The number of aromatic nitrogens is 2. The van der Waals surface area contributed by atoms with E-state index >= 15 is 0 Å². The molecule has 3 rings (SSSR count). The van der Waals surface area contributed by atoms with Crippen molar-refractivity contribution in [2.45, 2.75) is 6.92 Å². The highest BCUT2D eigenvalue weighted by Gasteiger charge is 2.11. The van der Waals surface area contributed by atoms with Crippen LogP contribution in [-0.2, 0) is 0 Å². The maximum Gasteiger partial charge on any atom is 0.273 e. The summed E-state index contributed by atoms with van der Waals surface area (Å²) >= 11 is 0. The average Bonchev–Trinajstić information content (AvgIpc) is 3.07. The normalized spacial score (nSPS) is 10.3. The fraction of sp³-hybridized carbons (Fsp3) is 0.111. The SMILES string of the molecule is CCOc1ccc(-c2cc(C(=O)Nc3ccccc3)[nH]n2)cc1. The van der Waals surface area contributed by atoms with E-state index in [0.29, 0.717) is 18.0 Å². The van der Waals surface area contributed by atoms with E-state index in [0.717, 1.165) is 17.0 Å². The van der Waals surface area contributed by atoms with Gasteiger partial charge in [-0.05, 0) is 49.4 Å². The van der Waals surface area contributed by atoms with Crippen molar-refractivity contribution in [3.05, 3.63) is 66.4 Å². The molecular formula is C18H17N3O2. The van der Waals surface area contributed by atoms with Crippen molar-refractivity contribution in [3.63, 3.8) is 0 Å². The van der Waals surface area contributed by atoms with Crippen LogP contribution in [0, 0.1) is 0 Å². The molecule has 5 nitrogen and oxygen atoms in total. The molecule has 0 spiro atoms. The Morgan fingerprint density at radius 1 is 1.13 bits per heavy atom. The first-order valence-electron chi connectivity index (χ1n) is 7.41. The molecule has 0 unspecified atom stereocenters. The second kappa shape index (κ2) is 6.79. The van der Waals surface area contributed by atoms with Crippen LogP contribution in [0.3, 0.4) is 0 Å². The lowest BCUT2D eigenvalue weighted by molar-refractivity contribution is 0.102. The number of amides is 1. The molecule has 5 heteroatoms. The smallest absolute Gasteiger partial charge is 0.273 e. The van der Waals surface area contributed by atoms with Gasteiger partial charge >= 0.3 is 0 Å². The molecule has 0 fully saturated rings. The molecule has 0 saturated carbocycles. The summed E-state index contributed by atoms with van der Waals surface area (Å²) in [7, 11) is 0. The molecule has 0 aliphatic carbocycles. The Morgan fingerprint density at radius 3 is 2.57 bits per heavy atom. The van der Waals surface area contributed by atoms with Gasteiger partial charge in [-0.15, -0.1) is 0 Å². The molecule has 1 heterocycles. The van der Waals surface area contributed by atoms with E-state index < -0.39 is 0 Å². The number of hydrogen-bond acceptors (Lipinski definition) is 3. The summed E-state index contributed by atoms with van der Waals surface area (Å²) in [5.41, 5.74) is 2.79. The molecule has 0 saturated heterocycles. The minimum Gasteiger partial charge on any atom is -0.494 e. The maximum atomic E-state index is 12.2. The molecule has 0 aliphatic heterocycles. The number of aromatic amines is 1. The van der Waals surface area contributed by atoms with Crippen molar-refractivity contribution in [1.29, 1.82) is 0 Å². The minimum absolute atomic E-state index is 0.221. The number of hydrogen-bond donors (Lipinski definition) is 2. The van der Waals surface area contributed by atoms with Crippen molar-refractivity contribution in [1.82, 2.24) is 10.2 Å². The quantitative estimate of drug-likeness (QED) is 0.755. The van der Waals surface area contributed by atoms with E-state index in [1.807, 2.05) is 61.5 Å². The van der Waals surface area contributed by atoms with Gasteiger partial charge in [0.05, 0.1) is 12.3 Å². The van der Waals surface area contributed by atoms with Gasteiger partial charge < -0.3 is 10.1 Å². The molecule has 116 valence electrons. The predicted molar refractivity (Wildman–Crippen MR) is 89.6 cm³/mol. The van der Waals surface area contributed by atoms with E-state index in [2.05, 4.69) is 15.5 Å². The number of nitrogens with one attached hydrogen (secondary N) is 2. The lowest BCUT2D eigenvalue weighted by Gasteiger charge is -2.03. The van der Waals surface area contributed by atoms with E-state index in [4.69, 9.17) is 4.74 Å². The zero-order valence-electron chi connectivity index (χ0n) is 12.7. The Balaban J connectivity index is 1.73. The van der Waals surface area contributed by atoms with Crippen molar-refractivity contribution in [3.8, 4) is 17.0 Å². The highest BCUT2D eigenvalue weighted by Crippen LogP contribution is 2.21. The van der Waals surface area contributed by atoms with Crippen LogP contribution in [0.1, 0.15) is 17.4 Å². The molecule has 1 amide bonds. The number of carbonyl (C=O) groups is 1. The lowest BCUT2D eigenvalue weighted by Crippen LogP contribution is -2.12. The number of rotatable bonds is 5. The van der Waals surface area contributed by atoms with Crippen LogP contribution in [0.15, 0.2) is 60.7 Å². The molecule has 0 radical (unpaired) electrons. The molecule has 23 heavy (non-hydrogen) atoms. The Labute approximate surface area is 134 Å². The van der Waals surface area contributed by atoms with Crippen LogP contribution in [0.25, 0.3) is 11.3 Å². The first kappa shape index (κ1) is 14.8. The van der Waals surface area contributed by atoms with Crippen LogP contribution < -0.4 is 10.1 Å². The largest absolute Gasteiger partial charge is 0.494 e. The van der Waals surface area contributed by atoms with Gasteiger partial charge in [0, 0.05) is 11.3 Å². The molecule has 2 N–H and O–H groups in total. The molecule has 0 bridgehead atoms. The first-order chi connectivity index (χ1) is 11.3. The van der Waals surface area contributed by atoms with Gasteiger partial charge in [-0.1, -0.05) is 18.2 Å². The van der Waals surface area contributed by atoms with Crippen LogP contribution in [0.5, 0.6) is 5.75 Å². The highest BCUT2D eigenvalue weighted by atomic mass is 16.5. The van der Waals surface area contributed by atoms with Crippen LogP contribution in [-0.4, -0.2) is 22.7 Å². The number of benzene rings is 2. The molecule has 0 aliphatic rings. The summed E-state index contributed by atoms with van der Waals surface area (Å²) in [5, 5.41) is 9.79. The predicted octanol–water partition coefficient (Wildman–Crippen LogP) is 3.73. The number of ether oxygens (including phenoxy) is 1. The number of carbonyl (C=O) groups excluding carboxylic acids is 1. The van der Waals surface area contributed by atoms with Crippen molar-refractivity contribution >= 4 is 11.6 Å². The first-order valence-corrected chi connectivity index (χ1v) is 7.41. The minimum atomic E-state index is -0.221. The van der Waals surface area contributed by atoms with Crippen LogP contribution >= 0.6 is 0 Å². The molecular weight excluding hydrogens is 290 g/mol. The summed E-state index contributed by atoms with van der Waals surface area (Å²) in [6.45, 7) is 2.57. The average molecular weight is 307 g/mol. The number of para-hydroxylation sites is 1. The van der Waals surface area contributed by atoms with E-state index in [1.165, 1.54) is 0 Å². The van der Waals surface area contributed by atoms with Gasteiger partial charge in [-0.2, -0.15) is 5.10 Å². The second-order valence-corrected chi connectivity index (χ2v) is 4.94. The van der Waals surface area contributed by atoms with Crippen molar-refractivity contribution < 1.29 is 9.53 Å².